The third kappa shape index (κ3) is 8.56. The fourth-order valence-corrected chi connectivity index (χ4v) is 5.14. The number of hydrogen-bond donors (Lipinski definition) is 1. The van der Waals surface area contributed by atoms with Gasteiger partial charge in [-0.25, -0.2) is 0 Å². The summed E-state index contributed by atoms with van der Waals surface area (Å²) in [5, 5.41) is 3.71. The third-order valence-electron chi connectivity index (χ3n) is 7.03. The molecule has 39 heavy (non-hydrogen) atoms. The number of rotatable bonds is 11. The molecule has 1 unspecified atom stereocenters. The number of halogens is 2. The van der Waals surface area contributed by atoms with Crippen LogP contribution in [0, 0.1) is 5.92 Å². The van der Waals surface area contributed by atoms with Crippen molar-refractivity contribution in [1.82, 2.24) is 10.2 Å². The van der Waals surface area contributed by atoms with Gasteiger partial charge in [0.15, 0.2) is 0 Å². The summed E-state index contributed by atoms with van der Waals surface area (Å²) in [6, 6.07) is 22.0. The maximum atomic E-state index is 13.9. The highest BCUT2D eigenvalue weighted by Gasteiger charge is 2.33. The number of aryl methyl sites for hydroxylation is 1. The molecule has 1 saturated heterocycles. The SMILES string of the molecule is COc1ccc(CCC(=O)N(CC2CCOCC2)C(C(=O)NCc2ccc(Cl)cc2)c2ccc(Br)cc2)cc1. The zero-order valence-corrected chi connectivity index (χ0v) is 24.4. The van der Waals surface area contributed by atoms with E-state index in [0.29, 0.717) is 44.2 Å². The molecule has 1 aliphatic heterocycles. The average molecular weight is 614 g/mol. The molecule has 0 aliphatic carbocycles. The Morgan fingerprint density at radius 3 is 2.28 bits per heavy atom. The molecule has 3 aromatic rings. The van der Waals surface area contributed by atoms with Crippen molar-refractivity contribution in [2.24, 2.45) is 5.92 Å². The Morgan fingerprint density at radius 1 is 1.00 bits per heavy atom. The van der Waals surface area contributed by atoms with Crippen LogP contribution in [0.2, 0.25) is 5.02 Å². The van der Waals surface area contributed by atoms with Crippen LogP contribution in [0.25, 0.3) is 0 Å². The van der Waals surface area contributed by atoms with E-state index in [1.54, 1.807) is 24.1 Å². The lowest BCUT2D eigenvalue weighted by atomic mass is 9.96. The molecule has 206 valence electrons. The van der Waals surface area contributed by atoms with E-state index in [9.17, 15) is 9.59 Å². The van der Waals surface area contributed by atoms with Crippen LogP contribution in [0.15, 0.2) is 77.3 Å². The van der Waals surface area contributed by atoms with Gasteiger partial charge in [0.1, 0.15) is 11.8 Å². The van der Waals surface area contributed by atoms with Crippen molar-refractivity contribution in [3.05, 3.63) is 99.0 Å². The Labute approximate surface area is 243 Å². The monoisotopic (exact) mass is 612 g/mol. The Morgan fingerprint density at radius 2 is 1.64 bits per heavy atom. The summed E-state index contributed by atoms with van der Waals surface area (Å²) in [6.45, 7) is 2.18. The van der Waals surface area contributed by atoms with Gasteiger partial charge in [-0.2, -0.15) is 0 Å². The summed E-state index contributed by atoms with van der Waals surface area (Å²) in [4.78, 5) is 29.5. The van der Waals surface area contributed by atoms with E-state index in [1.165, 1.54) is 0 Å². The van der Waals surface area contributed by atoms with Crippen LogP contribution in [0.5, 0.6) is 5.75 Å². The van der Waals surface area contributed by atoms with E-state index in [1.807, 2.05) is 60.7 Å². The van der Waals surface area contributed by atoms with Crippen molar-refractivity contribution < 1.29 is 19.1 Å². The average Bonchev–Trinajstić information content (AvgIpc) is 2.97. The van der Waals surface area contributed by atoms with E-state index in [4.69, 9.17) is 21.1 Å². The molecule has 0 spiro atoms. The van der Waals surface area contributed by atoms with Gasteiger partial charge in [0.05, 0.1) is 7.11 Å². The minimum Gasteiger partial charge on any atom is -0.497 e. The molecule has 0 radical (unpaired) electrons. The highest BCUT2D eigenvalue weighted by molar-refractivity contribution is 9.10. The quantitative estimate of drug-likeness (QED) is 0.273. The molecule has 1 atom stereocenters. The molecule has 0 aromatic heterocycles. The summed E-state index contributed by atoms with van der Waals surface area (Å²) in [5.74, 6) is 0.786. The number of nitrogens with zero attached hydrogens (tertiary/aromatic N) is 1. The van der Waals surface area contributed by atoms with Gasteiger partial charge in [0.2, 0.25) is 11.8 Å². The predicted octanol–water partition coefficient (Wildman–Crippen LogP) is 6.36. The molecule has 3 aromatic carbocycles. The second kappa shape index (κ2) is 14.5. The fraction of sp³-hybridized carbons (Fsp3) is 0.355. The van der Waals surface area contributed by atoms with Gasteiger partial charge in [-0.3, -0.25) is 9.59 Å². The van der Waals surface area contributed by atoms with Crippen molar-refractivity contribution in [1.29, 1.82) is 0 Å². The number of hydrogen-bond acceptors (Lipinski definition) is 4. The van der Waals surface area contributed by atoms with Gasteiger partial charge in [0, 0.05) is 42.2 Å². The Bertz CT molecular complexity index is 1210. The van der Waals surface area contributed by atoms with Gasteiger partial charge in [-0.15, -0.1) is 0 Å². The standard InChI is InChI=1S/C31H34BrClN2O4/c1-38-28-13-4-22(5-14-28)6-15-29(36)35(21-24-16-18-39-19-17-24)30(25-7-9-26(32)10-8-25)31(37)34-20-23-2-11-27(33)12-3-23/h2-5,7-14,24,30H,6,15-21H2,1H3,(H,34,37). The van der Waals surface area contributed by atoms with E-state index in [2.05, 4.69) is 21.2 Å². The number of carbonyl (C=O) groups is 2. The number of ether oxygens (including phenoxy) is 2. The van der Waals surface area contributed by atoms with Crippen molar-refractivity contribution in [3.8, 4) is 5.75 Å². The Kier molecular flexibility index (Phi) is 10.8. The normalized spacial score (nSPS) is 14.4. The number of methoxy groups -OCH3 is 1. The fourth-order valence-electron chi connectivity index (χ4n) is 4.75. The van der Waals surface area contributed by atoms with Gasteiger partial charge in [-0.1, -0.05) is 63.9 Å². The lowest BCUT2D eigenvalue weighted by molar-refractivity contribution is -0.142. The molecule has 1 fully saturated rings. The van der Waals surface area contributed by atoms with Crippen LogP contribution < -0.4 is 10.1 Å². The van der Waals surface area contributed by atoms with E-state index in [-0.39, 0.29) is 17.7 Å². The maximum absolute atomic E-state index is 13.9. The molecule has 4 rings (SSSR count). The van der Waals surface area contributed by atoms with Crippen LogP contribution in [-0.4, -0.2) is 43.6 Å². The zero-order valence-electron chi connectivity index (χ0n) is 22.1. The molecule has 1 N–H and O–H groups in total. The second-order valence-corrected chi connectivity index (χ2v) is 11.1. The van der Waals surface area contributed by atoms with Gasteiger partial charge in [-0.05, 0) is 78.3 Å². The molecule has 0 bridgehead atoms. The van der Waals surface area contributed by atoms with Crippen molar-refractivity contribution in [2.75, 3.05) is 26.9 Å². The maximum Gasteiger partial charge on any atom is 0.247 e. The van der Waals surface area contributed by atoms with Crippen LogP contribution in [0.3, 0.4) is 0 Å². The van der Waals surface area contributed by atoms with Crippen molar-refractivity contribution in [3.63, 3.8) is 0 Å². The van der Waals surface area contributed by atoms with Gasteiger partial charge < -0.3 is 19.7 Å². The first-order chi connectivity index (χ1) is 18.9. The van der Waals surface area contributed by atoms with Crippen molar-refractivity contribution in [2.45, 2.75) is 38.3 Å². The second-order valence-electron chi connectivity index (χ2n) is 9.75. The molecule has 1 heterocycles. The van der Waals surface area contributed by atoms with E-state index < -0.39 is 6.04 Å². The molecular weight excluding hydrogens is 580 g/mol. The van der Waals surface area contributed by atoms with Crippen LogP contribution >= 0.6 is 27.5 Å². The summed E-state index contributed by atoms with van der Waals surface area (Å²) in [5.41, 5.74) is 2.75. The smallest absolute Gasteiger partial charge is 0.247 e. The summed E-state index contributed by atoms with van der Waals surface area (Å²) in [6.07, 6.45) is 2.60. The minimum atomic E-state index is -0.753. The summed E-state index contributed by atoms with van der Waals surface area (Å²) in [7, 11) is 1.63. The number of nitrogens with one attached hydrogen (secondary N) is 1. The van der Waals surface area contributed by atoms with Crippen LogP contribution in [0.1, 0.15) is 42.0 Å². The number of amides is 2. The Balaban J connectivity index is 1.58. The zero-order chi connectivity index (χ0) is 27.6. The number of benzene rings is 3. The molecule has 6 nitrogen and oxygen atoms in total. The Hall–Kier alpha value is -2.87. The first-order valence-electron chi connectivity index (χ1n) is 13.2. The van der Waals surface area contributed by atoms with Crippen LogP contribution in [-0.2, 0) is 27.3 Å². The topological polar surface area (TPSA) is 67.9 Å². The molecule has 1 aliphatic rings. The molecule has 8 heteroatoms. The van der Waals surface area contributed by atoms with Gasteiger partial charge >= 0.3 is 0 Å². The van der Waals surface area contributed by atoms with E-state index >= 15 is 0 Å². The van der Waals surface area contributed by atoms with Gasteiger partial charge in [0.25, 0.3) is 0 Å². The van der Waals surface area contributed by atoms with Crippen molar-refractivity contribution >= 4 is 39.3 Å². The third-order valence-corrected chi connectivity index (χ3v) is 7.81. The molecule has 0 saturated carbocycles. The first-order valence-corrected chi connectivity index (χ1v) is 14.4. The lowest BCUT2D eigenvalue weighted by Gasteiger charge is -2.35. The highest BCUT2D eigenvalue weighted by Crippen LogP contribution is 2.28. The van der Waals surface area contributed by atoms with E-state index in [0.717, 1.165) is 39.8 Å². The predicted molar refractivity (Wildman–Crippen MR) is 157 cm³/mol. The number of carbonyl (C=O) groups excluding carboxylic acids is 2. The van der Waals surface area contributed by atoms with Crippen LogP contribution in [0.4, 0.5) is 0 Å². The first kappa shape index (κ1) is 29.1. The molecule has 2 amide bonds. The molecular formula is C31H34BrClN2O4. The highest BCUT2D eigenvalue weighted by atomic mass is 79.9. The lowest BCUT2D eigenvalue weighted by Crippen LogP contribution is -2.46. The largest absolute Gasteiger partial charge is 0.497 e. The summed E-state index contributed by atoms with van der Waals surface area (Å²) < 4.78 is 11.7. The summed E-state index contributed by atoms with van der Waals surface area (Å²) >= 11 is 9.52. The minimum absolute atomic E-state index is 0.0492.